The molecule has 2 rings (SSSR count). The molecule has 0 amide bonds. The van der Waals surface area contributed by atoms with E-state index < -0.39 is 5.97 Å². The molecule has 0 bridgehead atoms. The number of unbranched alkanes of at least 4 members (excludes halogenated alkanes) is 2. The summed E-state index contributed by atoms with van der Waals surface area (Å²) in [5, 5.41) is 7.92. The third-order valence-electron chi connectivity index (χ3n) is 7.33. The van der Waals surface area contributed by atoms with Gasteiger partial charge >= 0.3 is 5.97 Å². The second kappa shape index (κ2) is 31.8. The number of allylic oxidation sites excluding steroid dienone is 4. The van der Waals surface area contributed by atoms with Gasteiger partial charge in [-0.05, 0) is 67.7 Å². The zero-order chi connectivity index (χ0) is 35.2. The van der Waals surface area contributed by atoms with Crippen LogP contribution < -0.4 is 0 Å². The monoisotopic (exact) mass is 650 g/mol. The Kier molecular flexibility index (Phi) is 33.3. The van der Waals surface area contributed by atoms with E-state index in [2.05, 4.69) is 53.2 Å². The number of ether oxygens (including phenoxy) is 1. The van der Waals surface area contributed by atoms with E-state index in [1.807, 2.05) is 39.0 Å². The van der Waals surface area contributed by atoms with E-state index >= 15 is 0 Å². The molecule has 0 aromatic heterocycles. The van der Waals surface area contributed by atoms with Crippen molar-refractivity contribution in [2.24, 2.45) is 17.8 Å². The molecule has 0 atom stereocenters. The highest BCUT2D eigenvalue weighted by atomic mass is 35.5. The molecule has 0 unspecified atom stereocenters. The number of hydrogen-bond acceptors (Lipinski definition) is 3. The number of esters is 1. The minimum atomic E-state index is -0.653. The molecular formula is C40H69ClFNO2. The van der Waals surface area contributed by atoms with Crippen LogP contribution in [0.2, 0.25) is 0 Å². The Labute approximate surface area is 283 Å². The van der Waals surface area contributed by atoms with Crippen molar-refractivity contribution in [3.8, 4) is 0 Å². The Hall–Kier alpha value is -2.20. The Morgan fingerprint density at radius 2 is 1.56 bits per heavy atom. The minimum Gasteiger partial charge on any atom is -0.464 e. The lowest BCUT2D eigenvalue weighted by Crippen LogP contribution is -2.15. The van der Waals surface area contributed by atoms with Crippen LogP contribution in [0.1, 0.15) is 151 Å². The summed E-state index contributed by atoms with van der Waals surface area (Å²) in [5.41, 5.74) is 2.11. The lowest BCUT2D eigenvalue weighted by atomic mass is 9.84. The maximum atomic E-state index is 13.2. The number of benzene rings is 1. The quantitative estimate of drug-likeness (QED) is 0.156. The first-order valence-electron chi connectivity index (χ1n) is 17.4. The Morgan fingerprint density at radius 1 is 1.02 bits per heavy atom. The van der Waals surface area contributed by atoms with Crippen molar-refractivity contribution in [2.75, 3.05) is 7.11 Å². The summed E-state index contributed by atoms with van der Waals surface area (Å²) < 4.78 is 17.6. The zero-order valence-electron chi connectivity index (χ0n) is 31.1. The van der Waals surface area contributed by atoms with Gasteiger partial charge in [0.25, 0.3) is 0 Å². The highest BCUT2D eigenvalue weighted by molar-refractivity contribution is 6.42. The fourth-order valence-corrected chi connectivity index (χ4v) is 4.40. The molecule has 0 radical (unpaired) electrons. The topological polar surface area (TPSA) is 50.2 Å². The van der Waals surface area contributed by atoms with Crippen LogP contribution in [-0.2, 0) is 16.0 Å². The molecule has 260 valence electrons. The first kappa shape index (κ1) is 47.2. The van der Waals surface area contributed by atoms with Crippen molar-refractivity contribution in [3.05, 3.63) is 64.0 Å². The molecular weight excluding hydrogens is 581 g/mol. The van der Waals surface area contributed by atoms with Crippen molar-refractivity contribution in [1.82, 2.24) is 0 Å². The van der Waals surface area contributed by atoms with E-state index in [9.17, 15) is 9.18 Å². The largest absolute Gasteiger partial charge is 0.464 e. The van der Waals surface area contributed by atoms with E-state index in [0.29, 0.717) is 10.6 Å². The Bertz CT molecular complexity index is 961. The molecule has 1 aromatic rings. The number of methoxy groups -OCH3 is 1. The molecule has 3 nitrogen and oxygen atoms in total. The third-order valence-corrected chi connectivity index (χ3v) is 7.60. The number of aryl methyl sites for hydroxylation is 1. The maximum absolute atomic E-state index is 13.2. The second-order valence-corrected chi connectivity index (χ2v) is 12.7. The zero-order valence-corrected chi connectivity index (χ0v) is 31.9. The van der Waals surface area contributed by atoms with Crippen LogP contribution in [0.4, 0.5) is 4.39 Å². The summed E-state index contributed by atoms with van der Waals surface area (Å²) in [6, 6.07) is 5.20. The van der Waals surface area contributed by atoms with Crippen LogP contribution >= 0.6 is 11.6 Å². The number of rotatable bonds is 10. The lowest BCUT2D eigenvalue weighted by molar-refractivity contribution is -0.132. The molecule has 5 heteroatoms. The van der Waals surface area contributed by atoms with Gasteiger partial charge in [-0.15, -0.1) is 0 Å². The van der Waals surface area contributed by atoms with Gasteiger partial charge in [-0.3, -0.25) is 5.41 Å². The standard InChI is InChI=1S/C11H13F.C10H14ClNO2.C8H16.C7H16.C4H10/c1-3-6-10-9(4-2)7-5-8-11(10)12;1-4-5-8(11)6-7(2)9(12)10(13)14-3;1-7-3-5-8(2)6-4-7;1-4-5-6-7(2)3;1-3-4-2/h3,5-8H,4H2,1-2H3;5-6,12H,4H2,1-3H3;7-8H,3-6H2,1-2H3;7H,4-6H2,1-3H3;3-4H2,1-2H3/b6-3-;7-6-,8-5-,12-9?;;;. The highest BCUT2D eigenvalue weighted by Gasteiger charge is 2.13. The minimum absolute atomic E-state index is 0.132. The maximum Gasteiger partial charge on any atom is 0.356 e. The molecule has 1 fully saturated rings. The fraction of sp³-hybridized carbons (Fsp3) is 0.650. The summed E-state index contributed by atoms with van der Waals surface area (Å²) >= 11 is 5.80. The Balaban J connectivity index is -0.000000517. The first-order chi connectivity index (χ1) is 21.3. The first-order valence-corrected chi connectivity index (χ1v) is 17.8. The van der Waals surface area contributed by atoms with Crippen molar-refractivity contribution in [2.45, 2.75) is 147 Å². The third kappa shape index (κ3) is 27.8. The predicted octanol–water partition coefficient (Wildman–Crippen LogP) is 13.6. The molecule has 1 N–H and O–H groups in total. The van der Waals surface area contributed by atoms with Gasteiger partial charge in [0.15, 0.2) is 0 Å². The van der Waals surface area contributed by atoms with Crippen LogP contribution in [0.15, 0.2) is 47.0 Å². The van der Waals surface area contributed by atoms with Gasteiger partial charge < -0.3 is 4.74 Å². The molecule has 1 aromatic carbocycles. The van der Waals surface area contributed by atoms with Gasteiger partial charge in [0, 0.05) is 10.6 Å². The van der Waals surface area contributed by atoms with Gasteiger partial charge in [0.05, 0.1) is 7.11 Å². The van der Waals surface area contributed by atoms with E-state index in [0.717, 1.165) is 41.7 Å². The SMILES string of the molecule is C/C=C\c1c(F)cccc1CC.CC/C=C(Cl)/C=C(/C)C(=N)C(=O)OC.CC1CCC(C)CC1.CCCC.CCCCC(C)C. The Morgan fingerprint density at radius 3 is 1.91 bits per heavy atom. The smallest absolute Gasteiger partial charge is 0.356 e. The number of carbonyl (C=O) groups excluding carboxylic acids is 1. The second-order valence-electron chi connectivity index (χ2n) is 12.3. The van der Waals surface area contributed by atoms with Crippen LogP contribution in [0.3, 0.4) is 0 Å². The predicted molar refractivity (Wildman–Crippen MR) is 200 cm³/mol. The molecule has 0 saturated heterocycles. The highest BCUT2D eigenvalue weighted by Crippen LogP contribution is 2.27. The van der Waals surface area contributed by atoms with E-state index in [-0.39, 0.29) is 11.5 Å². The van der Waals surface area contributed by atoms with Crippen LogP contribution in [-0.4, -0.2) is 18.8 Å². The summed E-state index contributed by atoms with van der Waals surface area (Å²) in [7, 11) is 1.24. The van der Waals surface area contributed by atoms with Crippen molar-refractivity contribution < 1.29 is 13.9 Å². The van der Waals surface area contributed by atoms with Gasteiger partial charge in [-0.2, -0.15) is 0 Å². The van der Waals surface area contributed by atoms with E-state index in [1.165, 1.54) is 71.0 Å². The molecule has 0 spiro atoms. The van der Waals surface area contributed by atoms with Crippen LogP contribution in [0, 0.1) is 29.0 Å². The molecule has 1 aliphatic carbocycles. The van der Waals surface area contributed by atoms with E-state index in [4.69, 9.17) is 17.0 Å². The average molecular weight is 650 g/mol. The van der Waals surface area contributed by atoms with Crippen molar-refractivity contribution >= 4 is 29.4 Å². The number of hydrogen-bond donors (Lipinski definition) is 1. The average Bonchev–Trinajstić information content (AvgIpc) is 3.02. The summed E-state index contributed by atoms with van der Waals surface area (Å²) in [4.78, 5) is 10.9. The molecule has 0 heterocycles. The van der Waals surface area contributed by atoms with Gasteiger partial charge in [-0.25, -0.2) is 9.18 Å². The van der Waals surface area contributed by atoms with Crippen molar-refractivity contribution in [1.29, 1.82) is 5.41 Å². The van der Waals surface area contributed by atoms with Crippen molar-refractivity contribution in [3.63, 3.8) is 0 Å². The fourth-order valence-electron chi connectivity index (χ4n) is 4.08. The van der Waals surface area contributed by atoms with Crippen LogP contribution in [0.25, 0.3) is 6.08 Å². The molecule has 45 heavy (non-hydrogen) atoms. The number of nitrogens with one attached hydrogen (secondary N) is 1. The lowest BCUT2D eigenvalue weighted by Gasteiger charge is -2.22. The summed E-state index contributed by atoms with van der Waals surface area (Å²) in [6.45, 7) is 23.4. The van der Waals surface area contributed by atoms with Gasteiger partial charge in [0.1, 0.15) is 11.5 Å². The van der Waals surface area contributed by atoms with Gasteiger partial charge in [0.2, 0.25) is 0 Å². The van der Waals surface area contributed by atoms with E-state index in [1.54, 1.807) is 25.1 Å². The van der Waals surface area contributed by atoms with Crippen LogP contribution in [0.5, 0.6) is 0 Å². The normalized spacial score (nSPS) is 16.2. The molecule has 1 aliphatic rings. The summed E-state index contributed by atoms with van der Waals surface area (Å²) in [5.74, 6) is 2.16. The van der Waals surface area contributed by atoms with Gasteiger partial charge in [-0.1, -0.05) is 162 Å². The number of carbonyl (C=O) groups is 1. The molecule has 1 saturated carbocycles. The molecule has 0 aliphatic heterocycles. The number of halogens is 2. The summed E-state index contributed by atoms with van der Waals surface area (Å²) in [6.07, 6.45) is 21.4.